The summed E-state index contributed by atoms with van der Waals surface area (Å²) in [5.41, 5.74) is 15.5. The highest BCUT2D eigenvalue weighted by atomic mass is 16.1. The number of nitrogens with two attached hydrogens (primary N) is 3. The van der Waals surface area contributed by atoms with Crippen LogP contribution < -0.4 is 17.2 Å². The predicted octanol–water partition coefficient (Wildman–Crippen LogP) is 0.0150. The van der Waals surface area contributed by atoms with E-state index in [1.165, 1.54) is 0 Å². The highest BCUT2D eigenvalue weighted by Gasteiger charge is 2.07. The second-order valence-electron chi connectivity index (χ2n) is 3.78. The Morgan fingerprint density at radius 3 is 2.00 bits per heavy atom. The molecule has 0 spiro atoms. The molecule has 6 N–H and O–H groups in total. The topological polar surface area (TPSA) is 112 Å². The highest BCUT2D eigenvalue weighted by Crippen LogP contribution is 2.07. The summed E-state index contributed by atoms with van der Waals surface area (Å²) in [4.78, 5) is 21.0. The zero-order valence-corrected chi connectivity index (χ0v) is 9.08. The Morgan fingerprint density at radius 1 is 0.933 bits per heavy atom. The Labute approximate surface area is 90.4 Å². The van der Waals surface area contributed by atoms with Crippen LogP contribution in [0, 0.1) is 0 Å². The van der Waals surface area contributed by atoms with Crippen LogP contribution in [0.5, 0.6) is 0 Å². The van der Waals surface area contributed by atoms with Crippen LogP contribution in [0.4, 0.5) is 0 Å². The Morgan fingerprint density at radius 2 is 1.47 bits per heavy atom. The van der Waals surface area contributed by atoms with Crippen molar-refractivity contribution in [3.8, 4) is 0 Å². The van der Waals surface area contributed by atoms with Gasteiger partial charge >= 0.3 is 0 Å². The Kier molecular flexibility index (Phi) is 7.62. The summed E-state index contributed by atoms with van der Waals surface area (Å²) in [7, 11) is 0. The minimum atomic E-state index is -0.518. The average molecular weight is 215 g/mol. The second-order valence-corrected chi connectivity index (χ2v) is 3.78. The monoisotopic (exact) mass is 215 g/mol. The lowest BCUT2D eigenvalue weighted by atomic mass is 10.1. The van der Waals surface area contributed by atoms with Crippen molar-refractivity contribution in [3.05, 3.63) is 0 Å². The van der Waals surface area contributed by atoms with E-state index in [4.69, 9.17) is 17.2 Å². The van der Waals surface area contributed by atoms with Gasteiger partial charge in [0.2, 0.25) is 11.8 Å². The zero-order chi connectivity index (χ0) is 11.7. The van der Waals surface area contributed by atoms with Crippen molar-refractivity contribution in [2.75, 3.05) is 0 Å². The van der Waals surface area contributed by atoms with Gasteiger partial charge in [-0.1, -0.05) is 25.7 Å². The van der Waals surface area contributed by atoms with Crippen molar-refractivity contribution in [1.82, 2.24) is 0 Å². The Bertz CT molecular complexity index is 207. The van der Waals surface area contributed by atoms with E-state index in [1.54, 1.807) is 0 Å². The maximum atomic E-state index is 10.6. The van der Waals surface area contributed by atoms with Crippen LogP contribution in [0.3, 0.4) is 0 Å². The first kappa shape index (κ1) is 13.9. The summed E-state index contributed by atoms with van der Waals surface area (Å²) in [5.74, 6) is -0.686. The summed E-state index contributed by atoms with van der Waals surface area (Å²) in [5, 5.41) is 0. The quantitative estimate of drug-likeness (QED) is 0.471. The van der Waals surface area contributed by atoms with Gasteiger partial charge in [0.25, 0.3) is 0 Å². The summed E-state index contributed by atoms with van der Waals surface area (Å²) in [6.07, 6.45) is 5.90. The lowest BCUT2D eigenvalue weighted by Crippen LogP contribution is -2.36. The van der Waals surface area contributed by atoms with Crippen molar-refractivity contribution in [2.45, 2.75) is 51.0 Å². The van der Waals surface area contributed by atoms with Crippen LogP contribution in [-0.2, 0) is 9.59 Å². The molecule has 15 heavy (non-hydrogen) atoms. The fourth-order valence-electron chi connectivity index (χ4n) is 1.34. The van der Waals surface area contributed by atoms with E-state index in [-0.39, 0.29) is 5.91 Å². The lowest BCUT2D eigenvalue weighted by Gasteiger charge is -2.06. The molecule has 0 aromatic rings. The van der Waals surface area contributed by atoms with E-state index in [0.29, 0.717) is 12.8 Å². The molecule has 0 bridgehead atoms. The molecule has 0 heterocycles. The number of hydrogen-bond acceptors (Lipinski definition) is 3. The molecule has 1 atom stereocenters. The number of primary amides is 2. The van der Waals surface area contributed by atoms with Crippen molar-refractivity contribution in [1.29, 1.82) is 0 Å². The van der Waals surface area contributed by atoms with Crippen molar-refractivity contribution >= 4 is 11.8 Å². The summed E-state index contributed by atoms with van der Waals surface area (Å²) in [6.45, 7) is 0. The molecule has 0 rings (SSSR count). The zero-order valence-electron chi connectivity index (χ0n) is 9.08. The molecular weight excluding hydrogens is 194 g/mol. The van der Waals surface area contributed by atoms with E-state index in [9.17, 15) is 9.59 Å². The minimum Gasteiger partial charge on any atom is -0.370 e. The first-order valence-corrected chi connectivity index (χ1v) is 5.37. The van der Waals surface area contributed by atoms with E-state index in [2.05, 4.69) is 0 Å². The number of carbonyl (C=O) groups is 2. The average Bonchev–Trinajstić information content (AvgIpc) is 2.15. The molecule has 88 valence electrons. The van der Waals surface area contributed by atoms with Gasteiger partial charge in [0, 0.05) is 6.42 Å². The lowest BCUT2D eigenvalue weighted by molar-refractivity contribution is -0.119. The molecule has 0 radical (unpaired) electrons. The SMILES string of the molecule is NC(=O)CCCCCCCC(N)C(N)=O. The molecule has 0 aliphatic carbocycles. The maximum absolute atomic E-state index is 10.6. The molecule has 2 amide bonds. The van der Waals surface area contributed by atoms with Gasteiger partial charge in [-0.2, -0.15) is 0 Å². The van der Waals surface area contributed by atoms with Crippen molar-refractivity contribution in [3.63, 3.8) is 0 Å². The van der Waals surface area contributed by atoms with Crippen molar-refractivity contribution < 1.29 is 9.59 Å². The second kappa shape index (κ2) is 8.23. The molecule has 0 aliphatic rings. The predicted molar refractivity (Wildman–Crippen MR) is 58.7 cm³/mol. The highest BCUT2D eigenvalue weighted by molar-refractivity contribution is 5.79. The number of hydrogen-bond donors (Lipinski definition) is 3. The van der Waals surface area contributed by atoms with Gasteiger partial charge in [-0.3, -0.25) is 9.59 Å². The third-order valence-electron chi connectivity index (χ3n) is 2.30. The van der Waals surface area contributed by atoms with Crippen LogP contribution in [0.25, 0.3) is 0 Å². The molecule has 0 aromatic heterocycles. The van der Waals surface area contributed by atoms with Crippen LogP contribution in [0.15, 0.2) is 0 Å². The molecule has 0 fully saturated rings. The van der Waals surface area contributed by atoms with Crippen LogP contribution in [0.1, 0.15) is 44.9 Å². The first-order chi connectivity index (χ1) is 7.04. The molecule has 5 heteroatoms. The third-order valence-corrected chi connectivity index (χ3v) is 2.30. The molecule has 1 unspecified atom stereocenters. The van der Waals surface area contributed by atoms with E-state index < -0.39 is 11.9 Å². The van der Waals surface area contributed by atoms with E-state index in [1.807, 2.05) is 0 Å². The molecule has 0 saturated heterocycles. The third kappa shape index (κ3) is 9.21. The summed E-state index contributed by atoms with van der Waals surface area (Å²) in [6, 6.07) is -0.518. The molecule has 0 aromatic carbocycles. The fourth-order valence-corrected chi connectivity index (χ4v) is 1.34. The molecule has 0 saturated carbocycles. The number of amides is 2. The maximum Gasteiger partial charge on any atom is 0.234 e. The fraction of sp³-hybridized carbons (Fsp3) is 0.800. The number of rotatable bonds is 9. The normalized spacial score (nSPS) is 12.3. The van der Waals surface area contributed by atoms with E-state index in [0.717, 1.165) is 32.1 Å². The molecule has 5 nitrogen and oxygen atoms in total. The number of unbranched alkanes of at least 4 members (excludes halogenated alkanes) is 4. The van der Waals surface area contributed by atoms with Gasteiger partial charge in [0.15, 0.2) is 0 Å². The van der Waals surface area contributed by atoms with Gasteiger partial charge in [-0.05, 0) is 12.8 Å². The van der Waals surface area contributed by atoms with Gasteiger partial charge < -0.3 is 17.2 Å². The van der Waals surface area contributed by atoms with Gasteiger partial charge in [-0.25, -0.2) is 0 Å². The van der Waals surface area contributed by atoms with Gasteiger partial charge in [-0.15, -0.1) is 0 Å². The van der Waals surface area contributed by atoms with Crippen LogP contribution in [-0.4, -0.2) is 17.9 Å². The van der Waals surface area contributed by atoms with E-state index >= 15 is 0 Å². The smallest absolute Gasteiger partial charge is 0.234 e. The summed E-state index contributed by atoms with van der Waals surface area (Å²) < 4.78 is 0. The van der Waals surface area contributed by atoms with Crippen LogP contribution in [0.2, 0.25) is 0 Å². The van der Waals surface area contributed by atoms with Gasteiger partial charge in [0.1, 0.15) is 0 Å². The first-order valence-electron chi connectivity index (χ1n) is 5.37. The molecular formula is C10H21N3O2. The Hall–Kier alpha value is -1.10. The largest absolute Gasteiger partial charge is 0.370 e. The van der Waals surface area contributed by atoms with Crippen LogP contribution >= 0.6 is 0 Å². The summed E-state index contributed by atoms with van der Waals surface area (Å²) >= 11 is 0. The standard InChI is InChI=1S/C10H21N3O2/c11-8(10(13)15)6-4-2-1-3-5-7-9(12)14/h8H,1-7,11H2,(H2,12,14)(H2,13,15). The minimum absolute atomic E-state index is 0.245. The Balaban J connectivity index is 3.18. The van der Waals surface area contributed by atoms with Crippen molar-refractivity contribution in [2.24, 2.45) is 17.2 Å². The molecule has 0 aliphatic heterocycles. The number of carbonyl (C=O) groups excluding carboxylic acids is 2. The van der Waals surface area contributed by atoms with Gasteiger partial charge in [0.05, 0.1) is 6.04 Å².